The quantitative estimate of drug-likeness (QED) is 0.770. The molecule has 0 bridgehead atoms. The summed E-state index contributed by atoms with van der Waals surface area (Å²) in [6.45, 7) is 8.65. The van der Waals surface area contributed by atoms with Crippen molar-refractivity contribution >= 4 is 5.91 Å². The smallest absolute Gasteiger partial charge is 0.227 e. The number of hydrogen-bond donors (Lipinski definition) is 1. The molecule has 0 spiro atoms. The molecule has 1 amide bonds. The molecule has 3 unspecified atom stereocenters. The Labute approximate surface area is 112 Å². The van der Waals surface area contributed by atoms with Crippen molar-refractivity contribution in [3.05, 3.63) is 0 Å². The van der Waals surface area contributed by atoms with E-state index in [1.165, 1.54) is 12.8 Å². The highest BCUT2D eigenvalue weighted by Gasteiger charge is 2.34. The molecule has 3 atom stereocenters. The van der Waals surface area contributed by atoms with Crippen LogP contribution in [-0.2, 0) is 4.79 Å². The second kappa shape index (κ2) is 6.05. The van der Waals surface area contributed by atoms with Crippen molar-refractivity contribution in [2.75, 3.05) is 7.05 Å². The van der Waals surface area contributed by atoms with Crippen molar-refractivity contribution in [1.82, 2.24) is 4.90 Å². The Hall–Kier alpha value is -0.570. The molecule has 0 aliphatic heterocycles. The van der Waals surface area contributed by atoms with Gasteiger partial charge < -0.3 is 10.6 Å². The summed E-state index contributed by atoms with van der Waals surface area (Å²) >= 11 is 0. The van der Waals surface area contributed by atoms with Gasteiger partial charge in [-0.15, -0.1) is 0 Å². The van der Waals surface area contributed by atoms with E-state index in [9.17, 15) is 4.79 Å². The van der Waals surface area contributed by atoms with Crippen molar-refractivity contribution in [2.24, 2.45) is 17.1 Å². The molecule has 1 aliphatic rings. The number of amides is 1. The maximum absolute atomic E-state index is 12.6. The second-order valence-electron chi connectivity index (χ2n) is 6.90. The maximum Gasteiger partial charge on any atom is 0.227 e. The van der Waals surface area contributed by atoms with E-state index in [-0.39, 0.29) is 29.3 Å². The fourth-order valence-electron chi connectivity index (χ4n) is 2.68. The van der Waals surface area contributed by atoms with Gasteiger partial charge in [-0.1, -0.05) is 40.0 Å². The first kappa shape index (κ1) is 15.5. The van der Waals surface area contributed by atoms with Crippen molar-refractivity contribution in [3.63, 3.8) is 0 Å². The molecule has 3 heteroatoms. The lowest BCUT2D eigenvalue weighted by Gasteiger charge is -2.38. The lowest BCUT2D eigenvalue weighted by Crippen LogP contribution is -2.49. The Balaban J connectivity index is 2.72. The number of carbonyl (C=O) groups excluding carboxylic acids is 1. The van der Waals surface area contributed by atoms with E-state index in [1.807, 2.05) is 11.9 Å². The van der Waals surface area contributed by atoms with Gasteiger partial charge in [0.1, 0.15) is 0 Å². The number of hydrogen-bond acceptors (Lipinski definition) is 2. The topological polar surface area (TPSA) is 46.3 Å². The Morgan fingerprint density at radius 1 is 1.22 bits per heavy atom. The molecular weight excluding hydrogens is 224 g/mol. The van der Waals surface area contributed by atoms with Crippen LogP contribution in [0.25, 0.3) is 0 Å². The van der Waals surface area contributed by atoms with E-state index in [0.29, 0.717) is 0 Å². The summed E-state index contributed by atoms with van der Waals surface area (Å²) < 4.78 is 0. The number of rotatable bonds is 2. The van der Waals surface area contributed by atoms with E-state index in [0.717, 1.165) is 19.3 Å². The summed E-state index contributed by atoms with van der Waals surface area (Å²) in [6.07, 6.45) is 5.48. The first-order valence-electron chi connectivity index (χ1n) is 7.27. The number of nitrogens with zero attached hydrogens (tertiary/aromatic N) is 1. The molecule has 1 aliphatic carbocycles. The van der Waals surface area contributed by atoms with Crippen molar-refractivity contribution in [1.29, 1.82) is 0 Å². The van der Waals surface area contributed by atoms with Gasteiger partial charge in [0.15, 0.2) is 0 Å². The normalized spacial score (nSPS) is 27.4. The minimum absolute atomic E-state index is 0.0299. The fraction of sp³-hybridized carbons (Fsp3) is 0.933. The zero-order valence-corrected chi connectivity index (χ0v) is 12.7. The molecular formula is C15H30N2O. The minimum Gasteiger partial charge on any atom is -0.342 e. The molecule has 0 saturated heterocycles. The molecule has 1 fully saturated rings. The summed E-state index contributed by atoms with van der Waals surface area (Å²) in [7, 11) is 1.93. The summed E-state index contributed by atoms with van der Waals surface area (Å²) in [6, 6.07) is 0.287. The summed E-state index contributed by atoms with van der Waals surface area (Å²) in [5, 5.41) is 0. The first-order valence-corrected chi connectivity index (χ1v) is 7.27. The molecule has 0 heterocycles. The molecule has 1 rings (SSSR count). The highest BCUT2D eigenvalue weighted by Crippen LogP contribution is 2.28. The highest BCUT2D eigenvalue weighted by atomic mass is 16.2. The van der Waals surface area contributed by atoms with Crippen molar-refractivity contribution < 1.29 is 4.79 Å². The summed E-state index contributed by atoms with van der Waals surface area (Å²) in [5.74, 6) is 0.272. The summed E-state index contributed by atoms with van der Waals surface area (Å²) in [5.41, 5.74) is 6.29. The van der Waals surface area contributed by atoms with Crippen LogP contribution in [0.5, 0.6) is 0 Å². The Morgan fingerprint density at radius 3 is 2.33 bits per heavy atom. The average Bonchev–Trinajstić information content (AvgIpc) is 2.49. The Kier molecular flexibility index (Phi) is 5.20. The van der Waals surface area contributed by atoms with E-state index < -0.39 is 0 Å². The maximum atomic E-state index is 12.6. The molecule has 3 nitrogen and oxygen atoms in total. The lowest BCUT2D eigenvalue weighted by atomic mass is 9.85. The highest BCUT2D eigenvalue weighted by molar-refractivity contribution is 5.79. The van der Waals surface area contributed by atoms with Crippen molar-refractivity contribution in [2.45, 2.75) is 71.9 Å². The van der Waals surface area contributed by atoms with Crippen LogP contribution in [0.4, 0.5) is 0 Å². The summed E-state index contributed by atoms with van der Waals surface area (Å²) in [4.78, 5) is 14.5. The van der Waals surface area contributed by atoms with Crippen LogP contribution in [-0.4, -0.2) is 29.9 Å². The van der Waals surface area contributed by atoms with Gasteiger partial charge >= 0.3 is 0 Å². The largest absolute Gasteiger partial charge is 0.342 e. The van der Waals surface area contributed by atoms with E-state index in [2.05, 4.69) is 27.7 Å². The fourth-order valence-corrected chi connectivity index (χ4v) is 2.68. The van der Waals surface area contributed by atoms with Crippen LogP contribution >= 0.6 is 0 Å². The Morgan fingerprint density at radius 2 is 1.78 bits per heavy atom. The molecule has 0 aromatic carbocycles. The Bertz CT molecular complexity index is 283. The predicted octanol–water partition coefficient (Wildman–Crippen LogP) is 2.79. The molecule has 0 radical (unpaired) electrons. The molecule has 106 valence electrons. The van der Waals surface area contributed by atoms with Gasteiger partial charge in [-0.3, -0.25) is 4.79 Å². The first-order chi connectivity index (χ1) is 8.25. The minimum atomic E-state index is 0.0299. The lowest BCUT2D eigenvalue weighted by molar-refractivity contribution is -0.139. The van der Waals surface area contributed by atoms with E-state index in [1.54, 1.807) is 0 Å². The van der Waals surface area contributed by atoms with E-state index in [4.69, 9.17) is 5.73 Å². The van der Waals surface area contributed by atoms with Gasteiger partial charge in [-0.05, 0) is 25.2 Å². The molecule has 2 N–H and O–H groups in total. The SMILES string of the molecule is CC(N(C)C(=O)C1CCCCCC1N)C(C)(C)C. The standard InChI is InChI=1S/C15H30N2O/c1-11(15(2,3)4)17(5)14(18)12-9-7-6-8-10-13(12)16/h11-13H,6-10,16H2,1-5H3. The molecule has 1 saturated carbocycles. The van der Waals surface area contributed by atoms with Crippen LogP contribution < -0.4 is 5.73 Å². The van der Waals surface area contributed by atoms with Gasteiger partial charge in [-0.25, -0.2) is 0 Å². The molecule has 0 aromatic heterocycles. The van der Waals surface area contributed by atoms with Crippen LogP contribution in [0.3, 0.4) is 0 Å². The van der Waals surface area contributed by atoms with Gasteiger partial charge in [0.2, 0.25) is 5.91 Å². The van der Waals surface area contributed by atoms with Gasteiger partial charge in [-0.2, -0.15) is 0 Å². The second-order valence-corrected chi connectivity index (χ2v) is 6.90. The monoisotopic (exact) mass is 254 g/mol. The van der Waals surface area contributed by atoms with E-state index >= 15 is 0 Å². The number of carbonyl (C=O) groups is 1. The van der Waals surface area contributed by atoms with Crippen LogP contribution in [0.15, 0.2) is 0 Å². The zero-order valence-electron chi connectivity index (χ0n) is 12.7. The molecule has 0 aromatic rings. The third-order valence-corrected chi connectivity index (χ3v) is 4.57. The van der Waals surface area contributed by atoms with Crippen LogP contribution in [0, 0.1) is 11.3 Å². The van der Waals surface area contributed by atoms with Crippen LogP contribution in [0.2, 0.25) is 0 Å². The van der Waals surface area contributed by atoms with Crippen molar-refractivity contribution in [3.8, 4) is 0 Å². The third kappa shape index (κ3) is 3.71. The van der Waals surface area contributed by atoms with Crippen LogP contribution in [0.1, 0.15) is 59.8 Å². The predicted molar refractivity (Wildman–Crippen MR) is 76.2 cm³/mol. The van der Waals surface area contributed by atoms with Gasteiger partial charge in [0.25, 0.3) is 0 Å². The average molecular weight is 254 g/mol. The van der Waals surface area contributed by atoms with Gasteiger partial charge in [0.05, 0.1) is 5.92 Å². The zero-order chi connectivity index (χ0) is 13.9. The third-order valence-electron chi connectivity index (χ3n) is 4.57. The molecule has 18 heavy (non-hydrogen) atoms. The van der Waals surface area contributed by atoms with Gasteiger partial charge in [0, 0.05) is 19.1 Å². The number of nitrogens with two attached hydrogens (primary N) is 1.